The first kappa shape index (κ1) is 16.5. The molecule has 7 nitrogen and oxygen atoms in total. The lowest BCUT2D eigenvalue weighted by Gasteiger charge is -2.11. The second kappa shape index (κ2) is 6.27. The number of rotatable bonds is 5. The zero-order chi connectivity index (χ0) is 17.3. The summed E-state index contributed by atoms with van der Waals surface area (Å²) in [5, 5.41) is 4.04. The van der Waals surface area contributed by atoms with Gasteiger partial charge in [-0.25, -0.2) is 13.1 Å². The third-order valence-electron chi connectivity index (χ3n) is 3.05. The lowest BCUT2D eigenvalue weighted by molar-refractivity contribution is 0.0995. The van der Waals surface area contributed by atoms with Crippen molar-refractivity contribution in [2.75, 3.05) is 4.72 Å². The maximum absolute atomic E-state index is 12.4. The number of anilines is 1. The van der Waals surface area contributed by atoms with Gasteiger partial charge in [-0.15, -0.1) is 11.3 Å². The minimum absolute atomic E-state index is 0.0812. The Morgan fingerprint density at radius 2 is 1.96 bits per heavy atom. The second-order valence-corrected chi connectivity index (χ2v) is 8.32. The lowest BCUT2D eigenvalue weighted by atomic mass is 10.3. The fraction of sp³-hybridized carbons (Fsp3) is 0. The molecule has 0 aliphatic heterocycles. The van der Waals surface area contributed by atoms with Crippen LogP contribution in [-0.2, 0) is 10.0 Å². The number of hydrogen-bond donors (Lipinski definition) is 2. The molecule has 0 spiro atoms. The lowest BCUT2D eigenvalue weighted by Crippen LogP contribution is -2.14. The number of amides is 1. The molecular weight excluding hydrogens is 372 g/mol. The second-order valence-electron chi connectivity index (χ2n) is 4.69. The quantitative estimate of drug-likeness (QED) is 0.706. The van der Waals surface area contributed by atoms with Crippen molar-refractivity contribution in [3.8, 4) is 5.69 Å². The number of hydrogen-bond acceptors (Lipinski definition) is 5. The number of sulfonamides is 1. The topological polar surface area (TPSA) is 107 Å². The predicted molar refractivity (Wildman–Crippen MR) is 92.2 cm³/mol. The number of primary amides is 1. The molecule has 3 N–H and O–H groups in total. The Morgan fingerprint density at radius 3 is 2.58 bits per heavy atom. The molecule has 0 aliphatic carbocycles. The van der Waals surface area contributed by atoms with Crippen molar-refractivity contribution in [1.82, 2.24) is 9.78 Å². The van der Waals surface area contributed by atoms with Gasteiger partial charge in [-0.2, -0.15) is 5.10 Å². The van der Waals surface area contributed by atoms with Crippen LogP contribution >= 0.6 is 22.9 Å². The van der Waals surface area contributed by atoms with E-state index in [1.54, 1.807) is 24.3 Å². The van der Waals surface area contributed by atoms with E-state index >= 15 is 0 Å². The zero-order valence-electron chi connectivity index (χ0n) is 12.0. The van der Waals surface area contributed by atoms with Gasteiger partial charge < -0.3 is 5.73 Å². The fourth-order valence-corrected chi connectivity index (χ4v) is 4.54. The largest absolute Gasteiger partial charge is 0.364 e. The number of halogens is 1. The van der Waals surface area contributed by atoms with E-state index in [-0.39, 0.29) is 9.90 Å². The van der Waals surface area contributed by atoms with E-state index in [1.807, 2.05) is 0 Å². The van der Waals surface area contributed by atoms with Crippen molar-refractivity contribution < 1.29 is 13.2 Å². The molecule has 1 amide bonds. The van der Waals surface area contributed by atoms with Gasteiger partial charge in [0.1, 0.15) is 9.90 Å². The van der Waals surface area contributed by atoms with Gasteiger partial charge in [0.25, 0.3) is 15.9 Å². The van der Waals surface area contributed by atoms with Gasteiger partial charge in [-0.3, -0.25) is 9.52 Å². The SMILES string of the molecule is NC(=O)c1ccn(-c2ccccc2NS(=O)(=O)c2ccc(Cl)s2)n1. The van der Waals surface area contributed by atoms with Crippen molar-refractivity contribution >= 4 is 44.6 Å². The Hall–Kier alpha value is -2.36. The highest BCUT2D eigenvalue weighted by Crippen LogP contribution is 2.29. The Labute approximate surface area is 146 Å². The average molecular weight is 383 g/mol. The first-order valence-electron chi connectivity index (χ1n) is 6.60. The zero-order valence-corrected chi connectivity index (χ0v) is 14.4. The molecule has 0 unspecified atom stereocenters. The van der Waals surface area contributed by atoms with Crippen LogP contribution in [0.3, 0.4) is 0 Å². The van der Waals surface area contributed by atoms with Gasteiger partial charge in [-0.1, -0.05) is 23.7 Å². The van der Waals surface area contributed by atoms with Crippen molar-refractivity contribution in [3.05, 3.63) is 58.7 Å². The van der Waals surface area contributed by atoms with Gasteiger partial charge in [0, 0.05) is 6.20 Å². The van der Waals surface area contributed by atoms with Crippen LogP contribution in [0.4, 0.5) is 5.69 Å². The van der Waals surface area contributed by atoms with Gasteiger partial charge in [0.15, 0.2) is 0 Å². The number of carbonyl (C=O) groups is 1. The van der Waals surface area contributed by atoms with Crippen LogP contribution in [0.15, 0.2) is 52.9 Å². The summed E-state index contributed by atoms with van der Waals surface area (Å²) < 4.78 is 29.2. The van der Waals surface area contributed by atoms with Crippen LogP contribution < -0.4 is 10.5 Å². The number of benzene rings is 1. The molecule has 0 fully saturated rings. The normalized spacial score (nSPS) is 11.4. The summed E-state index contributed by atoms with van der Waals surface area (Å²) in [6.07, 6.45) is 1.52. The van der Waals surface area contributed by atoms with E-state index in [0.29, 0.717) is 15.7 Å². The molecule has 0 saturated heterocycles. The van der Waals surface area contributed by atoms with E-state index < -0.39 is 15.9 Å². The van der Waals surface area contributed by atoms with Crippen LogP contribution in [0.2, 0.25) is 4.34 Å². The number of nitrogens with two attached hydrogens (primary N) is 1. The first-order chi connectivity index (χ1) is 11.4. The number of carbonyl (C=O) groups excluding carboxylic acids is 1. The summed E-state index contributed by atoms with van der Waals surface area (Å²) >= 11 is 6.75. The third-order valence-corrected chi connectivity index (χ3v) is 6.14. The van der Waals surface area contributed by atoms with Crippen LogP contribution in [0.25, 0.3) is 5.69 Å². The Bertz CT molecular complexity index is 1010. The van der Waals surface area contributed by atoms with Crippen LogP contribution in [0, 0.1) is 0 Å². The summed E-state index contributed by atoms with van der Waals surface area (Å²) in [6.45, 7) is 0. The number of aromatic nitrogens is 2. The molecule has 2 heterocycles. The van der Waals surface area contributed by atoms with Crippen molar-refractivity contribution in [1.29, 1.82) is 0 Å². The molecule has 0 bridgehead atoms. The molecule has 124 valence electrons. The van der Waals surface area contributed by atoms with Gasteiger partial charge in [0.05, 0.1) is 15.7 Å². The van der Waals surface area contributed by atoms with Crippen molar-refractivity contribution in [2.45, 2.75) is 4.21 Å². The smallest absolute Gasteiger partial charge is 0.271 e. The maximum atomic E-state index is 12.4. The minimum Gasteiger partial charge on any atom is -0.364 e. The molecule has 24 heavy (non-hydrogen) atoms. The highest BCUT2D eigenvalue weighted by atomic mass is 35.5. The predicted octanol–water partition coefficient (Wildman–Crippen LogP) is 2.49. The maximum Gasteiger partial charge on any atom is 0.271 e. The summed E-state index contributed by atoms with van der Waals surface area (Å²) in [5.74, 6) is -0.667. The summed E-state index contributed by atoms with van der Waals surface area (Å²) in [5.41, 5.74) is 6.03. The molecular formula is C14H11ClN4O3S2. The molecule has 0 saturated carbocycles. The molecule has 10 heteroatoms. The van der Waals surface area contributed by atoms with Gasteiger partial charge in [0.2, 0.25) is 0 Å². The summed E-state index contributed by atoms with van der Waals surface area (Å²) in [6, 6.07) is 11.1. The molecule has 1 aromatic carbocycles. The van der Waals surface area contributed by atoms with E-state index in [1.165, 1.54) is 29.1 Å². The summed E-state index contributed by atoms with van der Waals surface area (Å²) in [7, 11) is -3.78. The standard InChI is InChI=1S/C14H11ClN4O3S2/c15-12-5-6-13(23-12)24(21,22)18-9-3-1-2-4-11(9)19-8-7-10(17-19)14(16)20/h1-8,18H,(H2,16,20). The Morgan fingerprint density at radius 1 is 1.21 bits per heavy atom. The number of nitrogens with one attached hydrogen (secondary N) is 1. The number of thiophene rings is 1. The van der Waals surface area contributed by atoms with Crippen LogP contribution in [0.1, 0.15) is 10.5 Å². The minimum atomic E-state index is -3.78. The monoisotopic (exact) mass is 382 g/mol. The molecule has 3 rings (SSSR count). The van der Waals surface area contributed by atoms with Crippen LogP contribution in [-0.4, -0.2) is 24.1 Å². The molecule has 2 aromatic heterocycles. The van der Waals surface area contributed by atoms with Crippen molar-refractivity contribution in [2.24, 2.45) is 5.73 Å². The van der Waals surface area contributed by atoms with Gasteiger partial charge >= 0.3 is 0 Å². The molecule has 3 aromatic rings. The third kappa shape index (κ3) is 3.28. The highest BCUT2D eigenvalue weighted by Gasteiger charge is 2.19. The van der Waals surface area contributed by atoms with E-state index in [0.717, 1.165) is 11.3 Å². The van der Waals surface area contributed by atoms with E-state index in [4.69, 9.17) is 17.3 Å². The molecule has 0 radical (unpaired) electrons. The van der Waals surface area contributed by atoms with Gasteiger partial charge in [-0.05, 0) is 30.3 Å². The van der Waals surface area contributed by atoms with E-state index in [2.05, 4.69) is 9.82 Å². The number of nitrogens with zero attached hydrogens (tertiary/aromatic N) is 2. The fourth-order valence-electron chi connectivity index (χ4n) is 1.99. The Kier molecular flexibility index (Phi) is 4.31. The first-order valence-corrected chi connectivity index (χ1v) is 9.27. The number of para-hydroxylation sites is 2. The molecule has 0 aliphatic rings. The van der Waals surface area contributed by atoms with E-state index in [9.17, 15) is 13.2 Å². The summed E-state index contributed by atoms with van der Waals surface area (Å²) in [4.78, 5) is 11.2. The van der Waals surface area contributed by atoms with Crippen molar-refractivity contribution in [3.63, 3.8) is 0 Å². The molecule has 0 atom stereocenters. The van der Waals surface area contributed by atoms with Crippen LogP contribution in [0.5, 0.6) is 0 Å². The Balaban J connectivity index is 1.99. The highest BCUT2D eigenvalue weighted by molar-refractivity contribution is 7.94. The average Bonchev–Trinajstić information content (AvgIpc) is 3.16.